The molecule has 1 aliphatic heterocycles. The summed E-state index contributed by atoms with van der Waals surface area (Å²) in [6, 6.07) is 21.4. The molecule has 0 aromatic heterocycles. The van der Waals surface area contributed by atoms with E-state index in [0.717, 1.165) is 48.5 Å². The average molecular weight is 453 g/mol. The van der Waals surface area contributed by atoms with Crippen molar-refractivity contribution in [2.45, 2.75) is 25.3 Å². The van der Waals surface area contributed by atoms with Crippen LogP contribution in [0.4, 0.5) is 0 Å². The molecule has 3 N–H and O–H groups in total. The van der Waals surface area contributed by atoms with Crippen molar-refractivity contribution in [1.82, 2.24) is 10.2 Å². The molecule has 0 saturated carbocycles. The van der Waals surface area contributed by atoms with Crippen molar-refractivity contribution in [3.05, 3.63) is 94.0 Å². The first kappa shape index (κ1) is 21.5. The standard InChI is InChI=1S/C25H25ClN2O2S/c26-20-8-6-17(7-9-20)10-12-27-25(31)28-13-11-19-15-23(29)24(30)16-21(19)22(28)14-18-4-2-1-3-5-18/h1-9,15-16,22,29-30H,10-14H2,(H,27,31). The molecule has 1 unspecified atom stereocenters. The molecule has 0 aliphatic carbocycles. The zero-order valence-corrected chi connectivity index (χ0v) is 18.7. The van der Waals surface area contributed by atoms with E-state index in [9.17, 15) is 10.2 Å². The summed E-state index contributed by atoms with van der Waals surface area (Å²) in [5, 5.41) is 24.9. The Morgan fingerprint density at radius 1 is 1.00 bits per heavy atom. The van der Waals surface area contributed by atoms with Gasteiger partial charge in [0.05, 0.1) is 6.04 Å². The molecule has 3 aromatic rings. The lowest BCUT2D eigenvalue weighted by Crippen LogP contribution is -2.46. The van der Waals surface area contributed by atoms with E-state index in [1.807, 2.05) is 42.5 Å². The number of benzene rings is 3. The van der Waals surface area contributed by atoms with Crippen molar-refractivity contribution in [1.29, 1.82) is 0 Å². The SMILES string of the molecule is Oc1cc2c(cc1O)C(Cc1ccccc1)N(C(=S)NCCc1ccc(Cl)cc1)CC2. The molecule has 0 saturated heterocycles. The Balaban J connectivity index is 1.52. The van der Waals surface area contributed by atoms with E-state index < -0.39 is 0 Å². The molecule has 0 fully saturated rings. The van der Waals surface area contributed by atoms with Gasteiger partial charge in [-0.3, -0.25) is 0 Å². The predicted octanol–water partition coefficient (Wildman–Crippen LogP) is 5.01. The van der Waals surface area contributed by atoms with Crippen molar-refractivity contribution >= 4 is 28.9 Å². The fraction of sp³-hybridized carbons (Fsp3) is 0.240. The molecule has 31 heavy (non-hydrogen) atoms. The maximum atomic E-state index is 10.1. The molecule has 0 bridgehead atoms. The van der Waals surface area contributed by atoms with E-state index >= 15 is 0 Å². The summed E-state index contributed by atoms with van der Waals surface area (Å²) in [5.74, 6) is -0.172. The van der Waals surface area contributed by atoms with Gasteiger partial charge < -0.3 is 20.4 Å². The molecule has 0 spiro atoms. The molecular weight excluding hydrogens is 428 g/mol. The molecule has 1 atom stereocenters. The fourth-order valence-electron chi connectivity index (χ4n) is 4.09. The van der Waals surface area contributed by atoms with Gasteiger partial charge >= 0.3 is 0 Å². The zero-order chi connectivity index (χ0) is 21.8. The summed E-state index contributed by atoms with van der Waals surface area (Å²) in [7, 11) is 0. The normalized spacial score (nSPS) is 15.4. The van der Waals surface area contributed by atoms with E-state index in [4.69, 9.17) is 23.8 Å². The van der Waals surface area contributed by atoms with Gasteiger partial charge in [-0.1, -0.05) is 54.1 Å². The lowest BCUT2D eigenvalue weighted by atomic mass is 9.88. The number of nitrogens with one attached hydrogen (secondary N) is 1. The minimum atomic E-state index is -0.0970. The molecule has 1 aliphatic rings. The Morgan fingerprint density at radius 2 is 1.71 bits per heavy atom. The van der Waals surface area contributed by atoms with Crippen LogP contribution in [-0.2, 0) is 19.3 Å². The Bertz CT molecular complexity index is 1060. The molecule has 6 heteroatoms. The molecule has 0 amide bonds. The van der Waals surface area contributed by atoms with Crippen LogP contribution >= 0.6 is 23.8 Å². The number of halogens is 1. The van der Waals surface area contributed by atoms with Crippen molar-refractivity contribution in [2.75, 3.05) is 13.1 Å². The average Bonchev–Trinajstić information content (AvgIpc) is 2.77. The summed E-state index contributed by atoms with van der Waals surface area (Å²) < 4.78 is 0. The van der Waals surface area contributed by atoms with E-state index in [0.29, 0.717) is 5.11 Å². The Labute approximate surface area is 193 Å². The van der Waals surface area contributed by atoms with Crippen molar-refractivity contribution < 1.29 is 10.2 Å². The van der Waals surface area contributed by atoms with E-state index in [2.05, 4.69) is 22.3 Å². The third kappa shape index (κ3) is 5.12. The zero-order valence-electron chi connectivity index (χ0n) is 17.1. The first-order valence-electron chi connectivity index (χ1n) is 10.4. The van der Waals surface area contributed by atoms with Gasteiger partial charge in [-0.15, -0.1) is 0 Å². The Kier molecular flexibility index (Phi) is 6.64. The predicted molar refractivity (Wildman–Crippen MR) is 129 cm³/mol. The number of hydrogen-bond acceptors (Lipinski definition) is 3. The number of thiocarbonyl (C=S) groups is 1. The van der Waals surface area contributed by atoms with Crippen molar-refractivity contribution in [3.8, 4) is 11.5 Å². The van der Waals surface area contributed by atoms with Gasteiger partial charge in [-0.05, 0) is 78.0 Å². The highest BCUT2D eigenvalue weighted by Crippen LogP contribution is 2.38. The van der Waals surface area contributed by atoms with Crippen LogP contribution in [0.1, 0.15) is 28.3 Å². The quantitative estimate of drug-likeness (QED) is 0.375. The minimum Gasteiger partial charge on any atom is -0.504 e. The highest BCUT2D eigenvalue weighted by molar-refractivity contribution is 7.80. The van der Waals surface area contributed by atoms with Crippen LogP contribution in [0.25, 0.3) is 0 Å². The first-order chi connectivity index (χ1) is 15.0. The maximum Gasteiger partial charge on any atom is 0.169 e. The smallest absolute Gasteiger partial charge is 0.169 e. The molecule has 1 heterocycles. The summed E-state index contributed by atoms with van der Waals surface area (Å²) in [5.41, 5.74) is 4.45. The highest BCUT2D eigenvalue weighted by atomic mass is 35.5. The summed E-state index contributed by atoms with van der Waals surface area (Å²) >= 11 is 11.7. The second-order valence-corrected chi connectivity index (χ2v) is 8.62. The van der Waals surface area contributed by atoms with Gasteiger partial charge in [0.1, 0.15) is 0 Å². The topological polar surface area (TPSA) is 55.7 Å². The number of aromatic hydroxyl groups is 2. The number of fused-ring (bicyclic) bond motifs is 1. The van der Waals surface area contributed by atoms with Gasteiger partial charge in [-0.25, -0.2) is 0 Å². The first-order valence-corrected chi connectivity index (χ1v) is 11.2. The maximum absolute atomic E-state index is 10.1. The monoisotopic (exact) mass is 452 g/mol. The largest absolute Gasteiger partial charge is 0.504 e. The fourth-order valence-corrected chi connectivity index (χ4v) is 4.54. The number of rotatable bonds is 5. The molecule has 160 valence electrons. The van der Waals surface area contributed by atoms with E-state index in [1.165, 1.54) is 11.1 Å². The molecule has 0 radical (unpaired) electrons. The van der Waals surface area contributed by atoms with Gasteiger partial charge in [0.25, 0.3) is 0 Å². The summed E-state index contributed by atoms with van der Waals surface area (Å²) in [6.07, 6.45) is 2.37. The molecule has 4 rings (SSSR count). The van der Waals surface area contributed by atoms with Crippen LogP contribution in [0.3, 0.4) is 0 Å². The van der Waals surface area contributed by atoms with E-state index in [1.54, 1.807) is 12.1 Å². The summed E-state index contributed by atoms with van der Waals surface area (Å²) in [6.45, 7) is 1.48. The number of phenolic OH excluding ortho intramolecular Hbond substituents is 2. The number of nitrogens with zero attached hydrogens (tertiary/aromatic N) is 1. The third-order valence-electron chi connectivity index (χ3n) is 5.73. The van der Waals surface area contributed by atoms with Crippen LogP contribution in [-0.4, -0.2) is 33.3 Å². The van der Waals surface area contributed by atoms with Gasteiger partial charge in [0.2, 0.25) is 0 Å². The van der Waals surface area contributed by atoms with Gasteiger partial charge in [0, 0.05) is 18.1 Å². The second kappa shape index (κ2) is 9.58. The highest BCUT2D eigenvalue weighted by Gasteiger charge is 2.30. The lowest BCUT2D eigenvalue weighted by molar-refractivity contribution is 0.290. The van der Waals surface area contributed by atoms with Crippen LogP contribution < -0.4 is 5.32 Å². The Hall–Kier alpha value is -2.76. The van der Waals surface area contributed by atoms with E-state index in [-0.39, 0.29) is 17.5 Å². The molecule has 4 nitrogen and oxygen atoms in total. The molecule has 3 aromatic carbocycles. The third-order valence-corrected chi connectivity index (χ3v) is 6.36. The summed E-state index contributed by atoms with van der Waals surface area (Å²) in [4.78, 5) is 2.20. The van der Waals surface area contributed by atoms with Crippen LogP contribution in [0.2, 0.25) is 5.02 Å². The van der Waals surface area contributed by atoms with Crippen LogP contribution in [0, 0.1) is 0 Å². The second-order valence-electron chi connectivity index (χ2n) is 7.80. The number of phenols is 2. The number of hydrogen-bond donors (Lipinski definition) is 3. The van der Waals surface area contributed by atoms with Gasteiger partial charge in [-0.2, -0.15) is 0 Å². The minimum absolute atomic E-state index is 0.0202. The van der Waals surface area contributed by atoms with Crippen LogP contribution in [0.15, 0.2) is 66.7 Å². The Morgan fingerprint density at radius 3 is 2.45 bits per heavy atom. The van der Waals surface area contributed by atoms with Crippen molar-refractivity contribution in [2.24, 2.45) is 0 Å². The van der Waals surface area contributed by atoms with Gasteiger partial charge in [0.15, 0.2) is 16.6 Å². The van der Waals surface area contributed by atoms with Crippen molar-refractivity contribution in [3.63, 3.8) is 0 Å². The lowest BCUT2D eigenvalue weighted by Gasteiger charge is -2.39. The molecular formula is C25H25ClN2O2S. The van der Waals surface area contributed by atoms with Crippen LogP contribution in [0.5, 0.6) is 11.5 Å².